The van der Waals surface area contributed by atoms with Gasteiger partial charge in [0.25, 0.3) is 0 Å². The van der Waals surface area contributed by atoms with Crippen LogP contribution in [0.4, 0.5) is 0 Å². The molecular formula is C23H36N6. The SMILES string of the molecule is CCNC(=NCC(C)c1cccc(C)c1)NCCCc1nnc2n1CCCCC2. The van der Waals surface area contributed by atoms with Crippen molar-refractivity contribution >= 4 is 5.96 Å². The molecule has 6 nitrogen and oxygen atoms in total. The van der Waals surface area contributed by atoms with Gasteiger partial charge in [-0.25, -0.2) is 0 Å². The van der Waals surface area contributed by atoms with Gasteiger partial charge in [0.05, 0.1) is 0 Å². The molecule has 0 fully saturated rings. The fourth-order valence-corrected chi connectivity index (χ4v) is 3.84. The monoisotopic (exact) mass is 396 g/mol. The first-order valence-electron chi connectivity index (χ1n) is 11.2. The van der Waals surface area contributed by atoms with Crippen molar-refractivity contribution in [1.29, 1.82) is 0 Å². The third-order valence-corrected chi connectivity index (χ3v) is 5.53. The highest BCUT2D eigenvalue weighted by Gasteiger charge is 2.14. The summed E-state index contributed by atoms with van der Waals surface area (Å²) < 4.78 is 2.34. The molecule has 0 spiro atoms. The van der Waals surface area contributed by atoms with Gasteiger partial charge in [-0.15, -0.1) is 10.2 Å². The van der Waals surface area contributed by atoms with E-state index < -0.39 is 0 Å². The first kappa shape index (κ1) is 21.3. The Hall–Kier alpha value is -2.37. The summed E-state index contributed by atoms with van der Waals surface area (Å²) in [7, 11) is 0. The Bertz CT molecular complexity index is 794. The maximum Gasteiger partial charge on any atom is 0.191 e. The molecule has 0 bridgehead atoms. The smallest absolute Gasteiger partial charge is 0.191 e. The zero-order chi connectivity index (χ0) is 20.5. The summed E-state index contributed by atoms with van der Waals surface area (Å²) in [6.45, 7) is 10.1. The van der Waals surface area contributed by atoms with Gasteiger partial charge in [-0.1, -0.05) is 43.2 Å². The summed E-state index contributed by atoms with van der Waals surface area (Å²) >= 11 is 0. The van der Waals surface area contributed by atoms with Crippen molar-refractivity contribution in [3.63, 3.8) is 0 Å². The van der Waals surface area contributed by atoms with Crippen LogP contribution in [0.3, 0.4) is 0 Å². The molecule has 0 saturated heterocycles. The van der Waals surface area contributed by atoms with E-state index in [1.54, 1.807) is 0 Å². The molecule has 29 heavy (non-hydrogen) atoms. The molecule has 1 unspecified atom stereocenters. The maximum absolute atomic E-state index is 4.80. The van der Waals surface area contributed by atoms with Crippen LogP contribution in [-0.4, -0.2) is 40.4 Å². The zero-order valence-electron chi connectivity index (χ0n) is 18.2. The third-order valence-electron chi connectivity index (χ3n) is 5.53. The Morgan fingerprint density at radius 1 is 1.21 bits per heavy atom. The number of guanidine groups is 1. The zero-order valence-corrected chi connectivity index (χ0v) is 18.2. The number of nitrogens with one attached hydrogen (secondary N) is 2. The normalized spacial score (nSPS) is 15.5. The number of aliphatic imine (C=N–C) groups is 1. The van der Waals surface area contributed by atoms with Gasteiger partial charge in [-0.3, -0.25) is 4.99 Å². The van der Waals surface area contributed by atoms with Gasteiger partial charge in [-0.05, 0) is 38.7 Å². The molecule has 0 saturated carbocycles. The van der Waals surface area contributed by atoms with E-state index in [4.69, 9.17) is 4.99 Å². The highest BCUT2D eigenvalue weighted by atomic mass is 15.3. The Morgan fingerprint density at radius 3 is 2.93 bits per heavy atom. The fraction of sp³-hybridized carbons (Fsp3) is 0.609. The van der Waals surface area contributed by atoms with Crippen molar-refractivity contribution in [3.05, 3.63) is 47.0 Å². The van der Waals surface area contributed by atoms with Gasteiger partial charge in [0.15, 0.2) is 5.96 Å². The summed E-state index contributed by atoms with van der Waals surface area (Å²) in [6, 6.07) is 8.70. The molecule has 2 heterocycles. The largest absolute Gasteiger partial charge is 0.357 e. The summed E-state index contributed by atoms with van der Waals surface area (Å²) in [6.07, 6.45) is 6.83. The average molecular weight is 397 g/mol. The van der Waals surface area contributed by atoms with Gasteiger partial charge < -0.3 is 15.2 Å². The number of rotatable bonds is 8. The number of hydrogen-bond donors (Lipinski definition) is 2. The number of benzene rings is 1. The minimum atomic E-state index is 0.400. The molecule has 0 aliphatic carbocycles. The van der Waals surface area contributed by atoms with E-state index in [9.17, 15) is 0 Å². The molecule has 3 rings (SSSR count). The maximum atomic E-state index is 4.80. The van der Waals surface area contributed by atoms with Crippen molar-refractivity contribution in [2.75, 3.05) is 19.6 Å². The lowest BCUT2D eigenvalue weighted by Crippen LogP contribution is -2.38. The molecule has 158 valence electrons. The van der Waals surface area contributed by atoms with Crippen molar-refractivity contribution in [2.24, 2.45) is 4.99 Å². The summed E-state index contributed by atoms with van der Waals surface area (Å²) in [4.78, 5) is 4.80. The number of aromatic nitrogens is 3. The van der Waals surface area contributed by atoms with Crippen LogP contribution in [0.2, 0.25) is 0 Å². The van der Waals surface area contributed by atoms with Crippen LogP contribution >= 0.6 is 0 Å². The molecule has 0 radical (unpaired) electrons. The molecule has 1 aliphatic rings. The lowest BCUT2D eigenvalue weighted by molar-refractivity contribution is 0.593. The molecule has 1 atom stereocenters. The van der Waals surface area contributed by atoms with Gasteiger partial charge in [0.2, 0.25) is 0 Å². The molecule has 2 aromatic rings. The summed E-state index contributed by atoms with van der Waals surface area (Å²) in [5, 5.41) is 15.7. The summed E-state index contributed by atoms with van der Waals surface area (Å²) in [5.74, 6) is 3.60. The van der Waals surface area contributed by atoms with E-state index in [1.165, 1.54) is 36.2 Å². The van der Waals surface area contributed by atoms with Gasteiger partial charge in [-0.2, -0.15) is 0 Å². The van der Waals surface area contributed by atoms with E-state index in [0.717, 1.165) is 57.2 Å². The lowest BCUT2D eigenvalue weighted by Gasteiger charge is -2.14. The van der Waals surface area contributed by atoms with Crippen LogP contribution < -0.4 is 10.6 Å². The topological polar surface area (TPSA) is 67.1 Å². The van der Waals surface area contributed by atoms with Crippen molar-refractivity contribution in [3.8, 4) is 0 Å². The standard InChI is InChI=1S/C23H36N6/c1-4-24-23(26-17-19(3)20-11-8-10-18(2)16-20)25-14-9-13-22-28-27-21-12-6-5-7-15-29(21)22/h8,10-11,16,19H,4-7,9,12-15,17H2,1-3H3,(H2,24,25,26). The molecular weight excluding hydrogens is 360 g/mol. The molecule has 6 heteroatoms. The molecule has 2 N–H and O–H groups in total. The molecule has 1 aromatic heterocycles. The highest BCUT2D eigenvalue weighted by molar-refractivity contribution is 5.79. The van der Waals surface area contributed by atoms with Crippen LogP contribution in [-0.2, 0) is 19.4 Å². The van der Waals surface area contributed by atoms with Crippen molar-refractivity contribution < 1.29 is 0 Å². The number of aryl methyl sites for hydroxylation is 3. The molecule has 0 amide bonds. The van der Waals surface area contributed by atoms with Crippen LogP contribution in [0.25, 0.3) is 0 Å². The third kappa shape index (κ3) is 6.31. The predicted octanol–water partition coefficient (Wildman–Crippen LogP) is 3.60. The predicted molar refractivity (Wildman–Crippen MR) is 119 cm³/mol. The van der Waals surface area contributed by atoms with Gasteiger partial charge >= 0.3 is 0 Å². The average Bonchev–Trinajstić information content (AvgIpc) is 2.94. The first-order valence-corrected chi connectivity index (χ1v) is 11.2. The molecule has 1 aromatic carbocycles. The van der Waals surface area contributed by atoms with E-state index in [2.05, 4.69) is 70.4 Å². The minimum Gasteiger partial charge on any atom is -0.357 e. The van der Waals surface area contributed by atoms with Gasteiger partial charge in [0.1, 0.15) is 11.6 Å². The van der Waals surface area contributed by atoms with Crippen molar-refractivity contribution in [1.82, 2.24) is 25.4 Å². The number of nitrogens with zero attached hydrogens (tertiary/aromatic N) is 4. The number of fused-ring (bicyclic) bond motifs is 1. The Balaban J connectivity index is 1.48. The quantitative estimate of drug-likeness (QED) is 0.406. The second kappa shape index (κ2) is 11.0. The fourth-order valence-electron chi connectivity index (χ4n) is 3.84. The highest BCUT2D eigenvalue weighted by Crippen LogP contribution is 2.17. The lowest BCUT2D eigenvalue weighted by atomic mass is 10.00. The van der Waals surface area contributed by atoms with E-state index in [-0.39, 0.29) is 0 Å². The Labute approximate surface area is 175 Å². The first-order chi connectivity index (χ1) is 14.2. The van der Waals surface area contributed by atoms with E-state index in [0.29, 0.717) is 5.92 Å². The Morgan fingerprint density at radius 2 is 2.10 bits per heavy atom. The van der Waals surface area contributed by atoms with Crippen LogP contribution in [0.1, 0.15) is 68.2 Å². The van der Waals surface area contributed by atoms with E-state index in [1.807, 2.05) is 0 Å². The van der Waals surface area contributed by atoms with Crippen LogP contribution in [0, 0.1) is 6.92 Å². The minimum absolute atomic E-state index is 0.400. The number of hydrogen-bond acceptors (Lipinski definition) is 3. The molecule has 1 aliphatic heterocycles. The second-order valence-corrected chi connectivity index (χ2v) is 8.06. The Kier molecular flexibility index (Phi) is 8.08. The summed E-state index contributed by atoms with van der Waals surface area (Å²) in [5.41, 5.74) is 2.65. The van der Waals surface area contributed by atoms with Gasteiger partial charge in [0, 0.05) is 44.9 Å². The van der Waals surface area contributed by atoms with Crippen molar-refractivity contribution in [2.45, 2.75) is 71.8 Å². The van der Waals surface area contributed by atoms with Crippen LogP contribution in [0.5, 0.6) is 0 Å². The van der Waals surface area contributed by atoms with E-state index >= 15 is 0 Å². The van der Waals surface area contributed by atoms with Crippen LogP contribution in [0.15, 0.2) is 29.3 Å². The second-order valence-electron chi connectivity index (χ2n) is 8.06.